The van der Waals surface area contributed by atoms with Gasteiger partial charge in [0.2, 0.25) is 5.91 Å². The van der Waals surface area contributed by atoms with E-state index in [4.69, 9.17) is 4.98 Å². The maximum absolute atomic E-state index is 12.3. The summed E-state index contributed by atoms with van der Waals surface area (Å²) in [6, 6.07) is 0.245. The first-order valence-corrected chi connectivity index (χ1v) is 9.98. The minimum absolute atomic E-state index is 0.245. The summed E-state index contributed by atoms with van der Waals surface area (Å²) in [5.41, 5.74) is 1.79. The van der Waals surface area contributed by atoms with Gasteiger partial charge in [-0.05, 0) is 44.9 Å². The molecular weight excluding hydrogens is 328 g/mol. The van der Waals surface area contributed by atoms with Crippen LogP contribution >= 0.6 is 0 Å². The second kappa shape index (κ2) is 6.21. The Bertz CT molecular complexity index is 838. The maximum Gasteiger partial charge on any atom is 0.225 e. The van der Waals surface area contributed by atoms with Crippen LogP contribution in [-0.2, 0) is 17.8 Å². The zero-order valence-corrected chi connectivity index (χ0v) is 15.3. The Kier molecular flexibility index (Phi) is 3.83. The van der Waals surface area contributed by atoms with Crippen molar-refractivity contribution in [3.8, 4) is 0 Å². The topological polar surface area (TPSA) is 75.9 Å². The van der Waals surface area contributed by atoms with E-state index in [-0.39, 0.29) is 6.04 Å². The van der Waals surface area contributed by atoms with Gasteiger partial charge in [0, 0.05) is 38.0 Å². The van der Waals surface area contributed by atoms with Gasteiger partial charge in [-0.1, -0.05) is 0 Å². The van der Waals surface area contributed by atoms with Crippen LogP contribution in [0.1, 0.15) is 44.9 Å². The summed E-state index contributed by atoms with van der Waals surface area (Å²) in [6.07, 6.45) is 8.40. The average molecular weight is 354 g/mol. The number of rotatable bonds is 6. The van der Waals surface area contributed by atoms with Crippen LogP contribution in [0.5, 0.6) is 0 Å². The normalized spacial score (nSPS) is 23.0. The van der Waals surface area contributed by atoms with Gasteiger partial charge in [-0.2, -0.15) is 0 Å². The minimum Gasteiger partial charge on any atom is -0.364 e. The number of carbonyl (C=O) groups excluding carboxylic acids is 1. The molecule has 0 bridgehead atoms. The Balaban J connectivity index is 1.37. The summed E-state index contributed by atoms with van der Waals surface area (Å²) in [7, 11) is 0. The molecule has 3 fully saturated rings. The Morgan fingerprint density at radius 1 is 1.23 bits per heavy atom. The molecule has 1 unspecified atom stereocenters. The molecule has 138 valence electrons. The van der Waals surface area contributed by atoms with Crippen molar-refractivity contribution >= 4 is 22.9 Å². The highest BCUT2D eigenvalue weighted by atomic mass is 16.2. The number of nitrogens with one attached hydrogen (secondary N) is 1. The average Bonchev–Trinajstić information content (AvgIpc) is 3.56. The van der Waals surface area contributed by atoms with Gasteiger partial charge < -0.3 is 14.8 Å². The Morgan fingerprint density at radius 3 is 2.81 bits per heavy atom. The third-order valence-electron chi connectivity index (χ3n) is 5.86. The van der Waals surface area contributed by atoms with E-state index < -0.39 is 0 Å². The predicted octanol–water partition coefficient (Wildman–Crippen LogP) is 2.22. The van der Waals surface area contributed by atoms with Gasteiger partial charge in [0.05, 0.1) is 0 Å². The number of amides is 1. The molecule has 1 N–H and O–H groups in total. The third kappa shape index (κ3) is 2.93. The van der Waals surface area contributed by atoms with Crippen molar-refractivity contribution in [2.75, 3.05) is 18.4 Å². The van der Waals surface area contributed by atoms with E-state index in [2.05, 4.69) is 26.8 Å². The molecule has 2 aliphatic carbocycles. The number of fused-ring (bicyclic) bond motifs is 1. The van der Waals surface area contributed by atoms with Crippen molar-refractivity contribution in [2.24, 2.45) is 11.8 Å². The molecule has 1 aliphatic heterocycles. The lowest BCUT2D eigenvalue weighted by molar-refractivity contribution is -0.131. The largest absolute Gasteiger partial charge is 0.364 e. The van der Waals surface area contributed by atoms with Crippen LogP contribution in [-0.4, -0.2) is 49.5 Å². The lowest BCUT2D eigenvalue weighted by Gasteiger charge is -2.17. The first-order chi connectivity index (χ1) is 12.7. The second-order valence-corrected chi connectivity index (χ2v) is 8.00. The van der Waals surface area contributed by atoms with Crippen LogP contribution in [0.2, 0.25) is 0 Å². The molecule has 1 atom stereocenters. The van der Waals surface area contributed by atoms with E-state index in [9.17, 15) is 4.79 Å². The van der Waals surface area contributed by atoms with Crippen LogP contribution in [0.3, 0.4) is 0 Å². The molecular formula is C19H26N6O. The highest BCUT2D eigenvalue weighted by Gasteiger charge is 2.36. The molecule has 2 aromatic rings. The standard InChI is InChI=1S/C19H26N6O/c1-2-25-15(9-12-3-4-12)23-16-17(20-11-21-18(16)25)22-14-7-8-24(10-14)19(26)13-5-6-13/h11-14H,2-10H2,1H3,(H,20,21,22). The fraction of sp³-hybridized carbons (Fsp3) is 0.684. The highest BCUT2D eigenvalue weighted by Crippen LogP contribution is 2.34. The van der Waals surface area contributed by atoms with Crippen LogP contribution in [0.15, 0.2) is 6.33 Å². The molecule has 0 radical (unpaired) electrons. The Labute approximate surface area is 153 Å². The second-order valence-electron chi connectivity index (χ2n) is 8.00. The lowest BCUT2D eigenvalue weighted by atomic mass is 10.2. The Morgan fingerprint density at radius 2 is 2.08 bits per heavy atom. The van der Waals surface area contributed by atoms with Gasteiger partial charge in [0.25, 0.3) is 0 Å². The van der Waals surface area contributed by atoms with Crippen molar-refractivity contribution in [1.82, 2.24) is 24.4 Å². The summed E-state index contributed by atoms with van der Waals surface area (Å²) in [5, 5.41) is 3.54. The number of anilines is 1. The van der Waals surface area contributed by atoms with Crippen molar-refractivity contribution in [1.29, 1.82) is 0 Å². The molecule has 2 aromatic heterocycles. The summed E-state index contributed by atoms with van der Waals surface area (Å²) in [4.78, 5) is 28.1. The van der Waals surface area contributed by atoms with Gasteiger partial charge >= 0.3 is 0 Å². The first-order valence-electron chi connectivity index (χ1n) is 9.98. The van der Waals surface area contributed by atoms with Gasteiger partial charge in [0.15, 0.2) is 17.0 Å². The summed E-state index contributed by atoms with van der Waals surface area (Å²) in [6.45, 7) is 4.63. The number of aromatic nitrogens is 4. The van der Waals surface area contributed by atoms with Crippen LogP contribution in [0.25, 0.3) is 11.2 Å². The number of hydrogen-bond acceptors (Lipinski definition) is 5. The molecule has 7 heteroatoms. The quantitative estimate of drug-likeness (QED) is 0.861. The molecule has 2 saturated carbocycles. The fourth-order valence-electron chi connectivity index (χ4n) is 4.02. The van der Waals surface area contributed by atoms with Gasteiger partial charge in [-0.3, -0.25) is 4.79 Å². The third-order valence-corrected chi connectivity index (χ3v) is 5.86. The molecule has 0 aromatic carbocycles. The number of carbonyl (C=O) groups is 1. The zero-order chi connectivity index (χ0) is 17.7. The van der Waals surface area contributed by atoms with E-state index in [1.807, 2.05) is 4.90 Å². The van der Waals surface area contributed by atoms with Crippen LogP contribution in [0, 0.1) is 11.8 Å². The van der Waals surface area contributed by atoms with E-state index in [1.165, 1.54) is 12.8 Å². The summed E-state index contributed by atoms with van der Waals surface area (Å²) in [5.74, 6) is 3.36. The lowest BCUT2D eigenvalue weighted by Crippen LogP contribution is -2.32. The zero-order valence-electron chi connectivity index (χ0n) is 15.3. The van der Waals surface area contributed by atoms with Crippen molar-refractivity contribution < 1.29 is 4.79 Å². The number of imidazole rings is 1. The maximum atomic E-state index is 12.3. The molecule has 0 spiro atoms. The van der Waals surface area contributed by atoms with Gasteiger partial charge in [-0.25, -0.2) is 15.0 Å². The van der Waals surface area contributed by atoms with E-state index in [0.717, 1.165) is 74.0 Å². The van der Waals surface area contributed by atoms with Crippen molar-refractivity contribution in [2.45, 2.75) is 58.0 Å². The van der Waals surface area contributed by atoms with E-state index >= 15 is 0 Å². The van der Waals surface area contributed by atoms with E-state index in [1.54, 1.807) is 6.33 Å². The first kappa shape index (κ1) is 16.0. The smallest absolute Gasteiger partial charge is 0.225 e. The van der Waals surface area contributed by atoms with Crippen LogP contribution in [0.4, 0.5) is 5.82 Å². The number of hydrogen-bond donors (Lipinski definition) is 1. The number of likely N-dealkylation sites (tertiary alicyclic amines) is 1. The minimum atomic E-state index is 0.245. The summed E-state index contributed by atoms with van der Waals surface area (Å²) < 4.78 is 2.22. The number of nitrogens with zero attached hydrogens (tertiary/aromatic N) is 5. The molecule has 1 saturated heterocycles. The highest BCUT2D eigenvalue weighted by molar-refractivity contribution is 5.84. The van der Waals surface area contributed by atoms with Gasteiger partial charge in [0.1, 0.15) is 12.2 Å². The molecule has 3 aliphatic rings. The predicted molar refractivity (Wildman–Crippen MR) is 98.8 cm³/mol. The SMILES string of the molecule is CCn1c(CC2CC2)nc2c(NC3CCN(C(=O)C4CC4)C3)ncnc21. The van der Waals surface area contributed by atoms with Crippen molar-refractivity contribution in [3.63, 3.8) is 0 Å². The molecule has 1 amide bonds. The Hall–Kier alpha value is -2.18. The monoisotopic (exact) mass is 354 g/mol. The van der Waals surface area contributed by atoms with Crippen LogP contribution < -0.4 is 5.32 Å². The number of aryl methyl sites for hydroxylation is 1. The molecule has 7 nitrogen and oxygen atoms in total. The molecule has 26 heavy (non-hydrogen) atoms. The fourth-order valence-corrected chi connectivity index (χ4v) is 4.02. The van der Waals surface area contributed by atoms with Crippen molar-refractivity contribution in [3.05, 3.63) is 12.2 Å². The molecule has 5 rings (SSSR count). The van der Waals surface area contributed by atoms with E-state index in [0.29, 0.717) is 11.8 Å². The molecule has 3 heterocycles. The van der Waals surface area contributed by atoms with Gasteiger partial charge in [-0.15, -0.1) is 0 Å². The summed E-state index contributed by atoms with van der Waals surface area (Å²) >= 11 is 0.